The minimum absolute atomic E-state index is 0.0939. The molecule has 0 unspecified atom stereocenters. The van der Waals surface area contributed by atoms with E-state index >= 15 is 0 Å². The van der Waals surface area contributed by atoms with Gasteiger partial charge in [-0.2, -0.15) is 16.7 Å². The van der Waals surface area contributed by atoms with E-state index < -0.39 is 16.2 Å². The Kier molecular flexibility index (Phi) is 4.99. The monoisotopic (exact) mass is 357 g/mol. The van der Waals surface area contributed by atoms with E-state index in [4.69, 9.17) is 14.2 Å². The van der Waals surface area contributed by atoms with E-state index in [2.05, 4.69) is 4.98 Å². The van der Waals surface area contributed by atoms with Gasteiger partial charge >= 0.3 is 16.2 Å². The van der Waals surface area contributed by atoms with E-state index in [1.54, 1.807) is 6.92 Å². The molecular formula is C14H19N3O6S. The average Bonchev–Trinajstić information content (AvgIpc) is 2.92. The van der Waals surface area contributed by atoms with Crippen LogP contribution in [0.4, 0.5) is 0 Å². The van der Waals surface area contributed by atoms with Gasteiger partial charge in [0.1, 0.15) is 0 Å². The first-order valence-corrected chi connectivity index (χ1v) is 8.42. The van der Waals surface area contributed by atoms with E-state index in [1.165, 1.54) is 40.4 Å². The standard InChI is InChI=1S/C14H19N3O6S/c1-6-23-14(18)13-15-9-7-11(21-4)12(22-5)8-10(9)17(13)24(19,20)16(2)3/h7-8H,6H2,1-5H3. The number of hydrogen-bond donors (Lipinski definition) is 0. The molecule has 10 heteroatoms. The van der Waals surface area contributed by atoms with E-state index in [9.17, 15) is 13.2 Å². The lowest BCUT2D eigenvalue weighted by molar-refractivity contribution is 0.0511. The maximum atomic E-state index is 12.7. The number of esters is 1. The Morgan fingerprint density at radius 3 is 2.29 bits per heavy atom. The summed E-state index contributed by atoms with van der Waals surface area (Å²) in [6.45, 7) is 1.72. The third-order valence-electron chi connectivity index (χ3n) is 3.27. The Morgan fingerprint density at radius 2 is 1.79 bits per heavy atom. The van der Waals surface area contributed by atoms with Gasteiger partial charge in [0.05, 0.1) is 31.9 Å². The first-order valence-electron chi connectivity index (χ1n) is 7.02. The van der Waals surface area contributed by atoms with Crippen molar-refractivity contribution in [1.29, 1.82) is 0 Å². The van der Waals surface area contributed by atoms with Crippen LogP contribution in [0.2, 0.25) is 0 Å². The molecule has 2 aromatic rings. The maximum absolute atomic E-state index is 12.7. The summed E-state index contributed by atoms with van der Waals surface area (Å²) in [5.74, 6) is -0.490. The highest BCUT2D eigenvalue weighted by Gasteiger charge is 2.29. The molecule has 0 radical (unpaired) electrons. The maximum Gasteiger partial charge on any atom is 0.375 e. The third kappa shape index (κ3) is 2.89. The van der Waals surface area contributed by atoms with Gasteiger partial charge < -0.3 is 14.2 Å². The van der Waals surface area contributed by atoms with Gasteiger partial charge in [-0.05, 0) is 6.92 Å². The van der Waals surface area contributed by atoms with Crippen molar-refractivity contribution >= 4 is 27.2 Å². The zero-order valence-corrected chi connectivity index (χ0v) is 14.9. The first kappa shape index (κ1) is 18.0. The van der Waals surface area contributed by atoms with Crippen molar-refractivity contribution in [3.05, 3.63) is 18.0 Å². The molecule has 0 N–H and O–H groups in total. The van der Waals surface area contributed by atoms with Gasteiger partial charge in [-0.25, -0.2) is 9.78 Å². The molecule has 0 aliphatic rings. The predicted molar refractivity (Wildman–Crippen MR) is 86.8 cm³/mol. The molecule has 1 aromatic carbocycles. The van der Waals surface area contributed by atoms with Gasteiger partial charge in [0.25, 0.3) is 0 Å². The van der Waals surface area contributed by atoms with Crippen LogP contribution in [0, 0.1) is 0 Å². The molecule has 0 bridgehead atoms. The fourth-order valence-electron chi connectivity index (χ4n) is 2.10. The number of carbonyl (C=O) groups is 1. The number of methoxy groups -OCH3 is 2. The predicted octanol–water partition coefficient (Wildman–Crippen LogP) is 0.885. The first-order chi connectivity index (χ1) is 11.3. The van der Waals surface area contributed by atoms with Crippen LogP contribution in [0.25, 0.3) is 11.0 Å². The minimum Gasteiger partial charge on any atom is -0.493 e. The van der Waals surface area contributed by atoms with Crippen molar-refractivity contribution in [2.45, 2.75) is 6.92 Å². The van der Waals surface area contributed by atoms with Gasteiger partial charge in [0.15, 0.2) is 11.5 Å². The van der Waals surface area contributed by atoms with Crippen molar-refractivity contribution in [3.8, 4) is 11.5 Å². The summed E-state index contributed by atoms with van der Waals surface area (Å²) in [5.41, 5.74) is 0.450. The smallest absolute Gasteiger partial charge is 0.375 e. The molecule has 0 atom stereocenters. The normalized spacial score (nSPS) is 11.8. The van der Waals surface area contributed by atoms with Gasteiger partial charge in [-0.1, -0.05) is 0 Å². The quantitative estimate of drug-likeness (QED) is 0.708. The molecule has 0 aliphatic carbocycles. The van der Waals surface area contributed by atoms with Crippen LogP contribution in [0.1, 0.15) is 17.5 Å². The minimum atomic E-state index is -4.01. The number of fused-ring (bicyclic) bond motifs is 1. The largest absolute Gasteiger partial charge is 0.493 e. The second-order valence-corrected chi connectivity index (χ2v) is 6.90. The lowest BCUT2D eigenvalue weighted by Gasteiger charge is -2.15. The zero-order chi connectivity index (χ0) is 18.1. The van der Waals surface area contributed by atoms with E-state index in [-0.39, 0.29) is 23.5 Å². The fraction of sp³-hybridized carbons (Fsp3) is 0.429. The van der Waals surface area contributed by atoms with Crippen LogP contribution in [0.15, 0.2) is 12.1 Å². The number of hydrogen-bond acceptors (Lipinski definition) is 7. The van der Waals surface area contributed by atoms with Gasteiger partial charge in [0, 0.05) is 26.2 Å². The van der Waals surface area contributed by atoms with Crippen LogP contribution in [-0.2, 0) is 14.9 Å². The zero-order valence-electron chi connectivity index (χ0n) is 14.1. The Labute approximate surface area is 139 Å². The number of rotatable bonds is 6. The summed E-state index contributed by atoms with van der Waals surface area (Å²) in [7, 11) is 1.58. The van der Waals surface area contributed by atoms with Crippen molar-refractivity contribution in [2.24, 2.45) is 0 Å². The number of carbonyl (C=O) groups excluding carboxylic acids is 1. The van der Waals surface area contributed by atoms with E-state index in [0.717, 1.165) is 8.28 Å². The second-order valence-electron chi connectivity index (χ2n) is 4.91. The lowest BCUT2D eigenvalue weighted by Crippen LogP contribution is -2.31. The van der Waals surface area contributed by atoms with Gasteiger partial charge in [-0.15, -0.1) is 0 Å². The summed E-state index contributed by atoms with van der Waals surface area (Å²) in [5, 5.41) is 0. The Hall–Kier alpha value is -2.33. The summed E-state index contributed by atoms with van der Waals surface area (Å²) in [6.07, 6.45) is 0. The molecule has 0 fully saturated rings. The van der Waals surface area contributed by atoms with Crippen LogP contribution in [0.3, 0.4) is 0 Å². The molecule has 1 aromatic heterocycles. The van der Waals surface area contributed by atoms with Gasteiger partial charge in [-0.3, -0.25) is 0 Å². The summed E-state index contributed by atoms with van der Waals surface area (Å²) in [4.78, 5) is 16.3. The summed E-state index contributed by atoms with van der Waals surface area (Å²) in [6, 6.07) is 2.95. The highest BCUT2D eigenvalue weighted by atomic mass is 32.2. The van der Waals surface area contributed by atoms with Crippen LogP contribution in [-0.4, -0.2) is 62.6 Å². The molecular weight excluding hydrogens is 338 g/mol. The van der Waals surface area contributed by atoms with Crippen molar-refractivity contribution < 1.29 is 27.4 Å². The Balaban J connectivity index is 2.88. The molecule has 2 rings (SSSR count). The fourth-order valence-corrected chi connectivity index (χ4v) is 3.16. The summed E-state index contributed by atoms with van der Waals surface area (Å²) >= 11 is 0. The van der Waals surface area contributed by atoms with E-state index in [0.29, 0.717) is 11.5 Å². The molecule has 24 heavy (non-hydrogen) atoms. The third-order valence-corrected chi connectivity index (χ3v) is 5.02. The number of aromatic nitrogens is 2. The van der Waals surface area contributed by atoms with Crippen molar-refractivity contribution in [3.63, 3.8) is 0 Å². The number of nitrogens with zero attached hydrogens (tertiary/aromatic N) is 3. The van der Waals surface area contributed by atoms with Crippen LogP contribution < -0.4 is 9.47 Å². The Morgan fingerprint density at radius 1 is 1.21 bits per heavy atom. The molecule has 132 valence electrons. The summed E-state index contributed by atoms with van der Waals surface area (Å²) < 4.78 is 42.4. The molecule has 0 aliphatic heterocycles. The number of imidazole rings is 1. The van der Waals surface area contributed by atoms with E-state index in [1.807, 2.05) is 0 Å². The topological polar surface area (TPSA) is 100.0 Å². The SMILES string of the molecule is CCOC(=O)c1nc2cc(OC)c(OC)cc2n1S(=O)(=O)N(C)C. The van der Waals surface area contributed by atoms with Crippen molar-refractivity contribution in [2.75, 3.05) is 34.9 Å². The number of benzene rings is 1. The molecule has 0 saturated carbocycles. The second kappa shape index (κ2) is 6.65. The number of ether oxygens (including phenoxy) is 3. The molecule has 9 nitrogen and oxygen atoms in total. The molecule has 1 heterocycles. The average molecular weight is 357 g/mol. The van der Waals surface area contributed by atoms with Gasteiger partial charge in [0.2, 0.25) is 5.82 Å². The van der Waals surface area contributed by atoms with Crippen molar-refractivity contribution in [1.82, 2.24) is 13.3 Å². The van der Waals surface area contributed by atoms with Crippen LogP contribution in [0.5, 0.6) is 11.5 Å². The lowest BCUT2D eigenvalue weighted by atomic mass is 10.3. The molecule has 0 spiro atoms. The highest BCUT2D eigenvalue weighted by Crippen LogP contribution is 2.33. The highest BCUT2D eigenvalue weighted by molar-refractivity contribution is 7.87. The molecule has 0 saturated heterocycles. The Bertz CT molecular complexity index is 872. The molecule has 0 amide bonds. The van der Waals surface area contributed by atoms with Crippen LogP contribution >= 0.6 is 0 Å².